The minimum Gasteiger partial charge on any atom is -0.481 e. The van der Waals surface area contributed by atoms with Gasteiger partial charge in [-0.1, -0.05) is 22.9 Å². The zero-order valence-electron chi connectivity index (χ0n) is 12.2. The van der Waals surface area contributed by atoms with Crippen molar-refractivity contribution in [2.75, 3.05) is 5.32 Å². The van der Waals surface area contributed by atoms with Crippen molar-refractivity contribution >= 4 is 50.2 Å². The lowest BCUT2D eigenvalue weighted by Crippen LogP contribution is -2.37. The van der Waals surface area contributed by atoms with Gasteiger partial charge in [0.2, 0.25) is 5.91 Å². The van der Waals surface area contributed by atoms with E-state index in [1.807, 2.05) is 6.07 Å². The number of aliphatic carboxylic acids is 1. The van der Waals surface area contributed by atoms with E-state index < -0.39 is 17.8 Å². The van der Waals surface area contributed by atoms with Crippen LogP contribution in [0, 0.1) is 23.7 Å². The monoisotopic (exact) mass is 350 g/mol. The minimum atomic E-state index is -0.853. The van der Waals surface area contributed by atoms with Gasteiger partial charge >= 0.3 is 5.97 Å². The second-order valence-corrected chi connectivity index (χ2v) is 7.81. The van der Waals surface area contributed by atoms with E-state index >= 15 is 0 Å². The Morgan fingerprint density at radius 3 is 2.74 bits per heavy atom. The Balaban J connectivity index is 1.57. The van der Waals surface area contributed by atoms with Gasteiger partial charge in [-0.15, -0.1) is 0 Å². The topological polar surface area (TPSA) is 79.3 Å². The summed E-state index contributed by atoms with van der Waals surface area (Å²) in [4.78, 5) is 28.5. The Labute approximate surface area is 141 Å². The molecule has 1 heterocycles. The van der Waals surface area contributed by atoms with Crippen LogP contribution in [-0.2, 0) is 9.59 Å². The summed E-state index contributed by atoms with van der Waals surface area (Å²) in [7, 11) is 0. The number of halogens is 1. The molecule has 7 heteroatoms. The molecule has 1 aromatic carbocycles. The fraction of sp³-hybridized carbons (Fsp3) is 0.438. The first-order chi connectivity index (χ1) is 11.0. The minimum absolute atomic E-state index is 0.141. The van der Waals surface area contributed by atoms with Crippen LogP contribution in [-0.4, -0.2) is 22.0 Å². The van der Waals surface area contributed by atoms with Crippen molar-refractivity contribution in [2.24, 2.45) is 23.7 Å². The third kappa shape index (κ3) is 2.50. The van der Waals surface area contributed by atoms with Crippen LogP contribution >= 0.6 is 22.9 Å². The number of thiazole rings is 1. The molecule has 2 aliphatic rings. The number of nitrogens with one attached hydrogen (secondary N) is 1. The van der Waals surface area contributed by atoms with E-state index in [0.29, 0.717) is 10.2 Å². The highest BCUT2D eigenvalue weighted by molar-refractivity contribution is 7.22. The fourth-order valence-electron chi connectivity index (χ4n) is 4.16. The lowest BCUT2D eigenvalue weighted by Gasteiger charge is -2.26. The largest absolute Gasteiger partial charge is 0.481 e. The maximum Gasteiger partial charge on any atom is 0.307 e. The highest BCUT2D eigenvalue weighted by atomic mass is 35.5. The smallest absolute Gasteiger partial charge is 0.307 e. The van der Waals surface area contributed by atoms with E-state index in [2.05, 4.69) is 10.3 Å². The number of carboxylic acid groups (broad SMARTS) is 1. The average molecular weight is 351 g/mol. The number of aromatic nitrogens is 1. The first-order valence-electron chi connectivity index (χ1n) is 7.62. The van der Waals surface area contributed by atoms with E-state index in [1.165, 1.54) is 11.3 Å². The van der Waals surface area contributed by atoms with Gasteiger partial charge in [-0.2, -0.15) is 0 Å². The summed E-state index contributed by atoms with van der Waals surface area (Å²) >= 11 is 7.31. The van der Waals surface area contributed by atoms with Crippen molar-refractivity contribution < 1.29 is 14.7 Å². The van der Waals surface area contributed by atoms with Gasteiger partial charge in [-0.3, -0.25) is 9.59 Å². The Kier molecular flexibility index (Phi) is 3.54. The highest BCUT2D eigenvalue weighted by Gasteiger charge is 2.54. The molecular formula is C16H15ClN2O3S. The third-order valence-corrected chi connectivity index (χ3v) is 6.25. The highest BCUT2D eigenvalue weighted by Crippen LogP contribution is 2.52. The van der Waals surface area contributed by atoms with Gasteiger partial charge in [0.05, 0.1) is 22.1 Å². The molecule has 5 nitrogen and oxygen atoms in total. The number of amides is 1. The summed E-state index contributed by atoms with van der Waals surface area (Å²) < 4.78 is 0.899. The SMILES string of the molecule is O=C(Nc1nc2ccc(Cl)cc2s1)[C@@H]1[C@H]2CC[C@@H](C2)[C@@H]1C(=O)O. The molecule has 0 aliphatic heterocycles. The number of rotatable bonds is 3. The first kappa shape index (κ1) is 14.9. The molecule has 120 valence electrons. The molecule has 4 atom stereocenters. The second-order valence-electron chi connectivity index (χ2n) is 6.34. The van der Waals surface area contributed by atoms with Gasteiger partial charge in [0, 0.05) is 5.02 Å². The number of benzene rings is 1. The van der Waals surface area contributed by atoms with E-state index in [9.17, 15) is 14.7 Å². The van der Waals surface area contributed by atoms with Crippen molar-refractivity contribution in [1.29, 1.82) is 0 Å². The molecular weight excluding hydrogens is 336 g/mol. The van der Waals surface area contributed by atoms with Crippen molar-refractivity contribution in [2.45, 2.75) is 19.3 Å². The predicted molar refractivity (Wildman–Crippen MR) is 88.7 cm³/mol. The number of hydrogen-bond acceptors (Lipinski definition) is 4. The van der Waals surface area contributed by atoms with E-state index in [1.54, 1.807) is 12.1 Å². The normalized spacial score (nSPS) is 29.1. The van der Waals surface area contributed by atoms with Gasteiger partial charge in [0.15, 0.2) is 5.13 Å². The number of carbonyl (C=O) groups excluding carboxylic acids is 1. The van der Waals surface area contributed by atoms with Crippen LogP contribution in [0.4, 0.5) is 5.13 Å². The lowest BCUT2D eigenvalue weighted by atomic mass is 9.79. The van der Waals surface area contributed by atoms with Crippen LogP contribution in [0.1, 0.15) is 19.3 Å². The zero-order chi connectivity index (χ0) is 16.1. The van der Waals surface area contributed by atoms with Crippen LogP contribution in [0.25, 0.3) is 10.2 Å². The third-order valence-electron chi connectivity index (χ3n) is 5.08. The summed E-state index contributed by atoms with van der Waals surface area (Å²) in [5.74, 6) is -1.74. The Morgan fingerprint density at radius 2 is 2.00 bits per heavy atom. The molecule has 2 bridgehead atoms. The molecule has 23 heavy (non-hydrogen) atoms. The van der Waals surface area contributed by atoms with Crippen LogP contribution in [0.15, 0.2) is 18.2 Å². The number of hydrogen-bond donors (Lipinski definition) is 2. The van der Waals surface area contributed by atoms with Crippen LogP contribution in [0.2, 0.25) is 5.02 Å². The van der Waals surface area contributed by atoms with Gasteiger partial charge in [-0.05, 0) is 49.3 Å². The van der Waals surface area contributed by atoms with Gasteiger partial charge in [0.1, 0.15) is 0 Å². The lowest BCUT2D eigenvalue weighted by molar-refractivity contribution is -0.148. The van der Waals surface area contributed by atoms with Crippen LogP contribution in [0.3, 0.4) is 0 Å². The maximum atomic E-state index is 12.6. The van der Waals surface area contributed by atoms with Crippen LogP contribution < -0.4 is 5.32 Å². The quantitative estimate of drug-likeness (QED) is 0.885. The number of carbonyl (C=O) groups is 2. The standard InChI is InChI=1S/C16H15ClN2O3S/c17-9-3-4-10-11(6-9)23-16(18-10)19-14(20)12-7-1-2-8(5-7)13(12)15(21)22/h3-4,6-8,12-13H,1-2,5H2,(H,21,22)(H,18,19,20)/t7-,8-,12+,13-/m0/s1. The van der Waals surface area contributed by atoms with Crippen LogP contribution in [0.5, 0.6) is 0 Å². The molecule has 1 aromatic heterocycles. The van der Waals surface area contributed by atoms with Crippen molar-refractivity contribution in [3.05, 3.63) is 23.2 Å². The summed E-state index contributed by atoms with van der Waals surface area (Å²) in [6.07, 6.45) is 2.72. The summed E-state index contributed by atoms with van der Waals surface area (Å²) in [5, 5.41) is 13.4. The predicted octanol–water partition coefficient (Wildman–Crippen LogP) is 3.64. The second kappa shape index (κ2) is 5.46. The molecule has 0 radical (unpaired) electrons. The van der Waals surface area contributed by atoms with Gasteiger partial charge in [-0.25, -0.2) is 4.98 Å². The number of nitrogens with zero attached hydrogens (tertiary/aromatic N) is 1. The Hall–Kier alpha value is -1.66. The molecule has 0 unspecified atom stereocenters. The number of anilines is 1. The molecule has 2 aromatic rings. The zero-order valence-corrected chi connectivity index (χ0v) is 13.7. The van der Waals surface area contributed by atoms with E-state index in [4.69, 9.17) is 11.6 Å². The molecule has 2 N–H and O–H groups in total. The van der Waals surface area contributed by atoms with Crippen molar-refractivity contribution in [3.8, 4) is 0 Å². The number of carboxylic acids is 1. The Morgan fingerprint density at radius 1 is 1.26 bits per heavy atom. The fourth-order valence-corrected chi connectivity index (χ4v) is 5.31. The molecule has 1 amide bonds. The van der Waals surface area contributed by atoms with Gasteiger partial charge < -0.3 is 10.4 Å². The van der Waals surface area contributed by atoms with Crippen molar-refractivity contribution in [1.82, 2.24) is 4.98 Å². The molecule has 4 rings (SSSR count). The van der Waals surface area contributed by atoms with Crippen molar-refractivity contribution in [3.63, 3.8) is 0 Å². The summed E-state index contributed by atoms with van der Waals surface area (Å²) in [6, 6.07) is 5.37. The molecule has 2 saturated carbocycles. The molecule has 2 aliphatic carbocycles. The van der Waals surface area contributed by atoms with E-state index in [-0.39, 0.29) is 17.7 Å². The molecule has 2 fully saturated rings. The first-order valence-corrected chi connectivity index (χ1v) is 8.82. The summed E-state index contributed by atoms with van der Waals surface area (Å²) in [5.41, 5.74) is 0.775. The summed E-state index contributed by atoms with van der Waals surface area (Å²) in [6.45, 7) is 0. The molecule has 0 saturated heterocycles. The maximum absolute atomic E-state index is 12.6. The average Bonchev–Trinajstić information content (AvgIpc) is 3.18. The number of fused-ring (bicyclic) bond motifs is 3. The Bertz CT molecular complexity index is 806. The van der Waals surface area contributed by atoms with Gasteiger partial charge in [0.25, 0.3) is 0 Å². The molecule has 0 spiro atoms. The van der Waals surface area contributed by atoms with E-state index in [0.717, 1.165) is 29.5 Å².